The van der Waals surface area contributed by atoms with Crippen LogP contribution in [0.2, 0.25) is 5.02 Å². The van der Waals surface area contributed by atoms with Crippen molar-refractivity contribution in [2.24, 2.45) is 0 Å². The maximum atomic E-state index is 11.0. The Morgan fingerprint density at radius 2 is 2.46 bits per heavy atom. The molecule has 0 N–H and O–H groups in total. The Hall–Kier alpha value is -0.610. The van der Waals surface area contributed by atoms with Gasteiger partial charge in [0.15, 0.2) is 0 Å². The fourth-order valence-electron chi connectivity index (χ4n) is 0.819. The fourth-order valence-corrected chi connectivity index (χ4v) is 1.62. The molecule has 70 valence electrons. The first-order chi connectivity index (χ1) is 6.15. The number of aromatic nitrogens is 1. The van der Waals surface area contributed by atoms with Gasteiger partial charge in [-0.05, 0) is 22.0 Å². The average molecular weight is 265 g/mol. The summed E-state index contributed by atoms with van der Waals surface area (Å²) in [5, 5.41) is 0.507. The highest BCUT2D eigenvalue weighted by Crippen LogP contribution is 2.22. The molecule has 0 fully saturated rings. The maximum Gasteiger partial charge on any atom is 0.310 e. The first-order valence-electron chi connectivity index (χ1n) is 3.51. The van der Waals surface area contributed by atoms with Crippen LogP contribution in [0.3, 0.4) is 0 Å². The average Bonchev–Trinajstić information content (AvgIpc) is 2.11. The largest absolute Gasteiger partial charge is 0.469 e. The van der Waals surface area contributed by atoms with Crippen LogP contribution in [0.15, 0.2) is 16.9 Å². The summed E-state index contributed by atoms with van der Waals surface area (Å²) in [5.41, 5.74) is 0.649. The number of rotatable bonds is 2. The zero-order valence-corrected chi connectivity index (χ0v) is 9.22. The van der Waals surface area contributed by atoms with Crippen molar-refractivity contribution in [3.63, 3.8) is 0 Å². The molecule has 0 aliphatic heterocycles. The predicted octanol–water partition coefficient (Wildman–Crippen LogP) is 2.21. The highest BCUT2D eigenvalue weighted by atomic mass is 79.9. The monoisotopic (exact) mass is 263 g/mol. The molecule has 0 radical (unpaired) electrons. The highest BCUT2D eigenvalue weighted by Gasteiger charge is 2.10. The van der Waals surface area contributed by atoms with Gasteiger partial charge < -0.3 is 4.74 Å². The van der Waals surface area contributed by atoms with Crippen LogP contribution in [0.1, 0.15) is 5.56 Å². The van der Waals surface area contributed by atoms with Gasteiger partial charge in [0.25, 0.3) is 0 Å². The van der Waals surface area contributed by atoms with Gasteiger partial charge in [0.2, 0.25) is 0 Å². The minimum Gasteiger partial charge on any atom is -0.469 e. The van der Waals surface area contributed by atoms with Crippen molar-refractivity contribution < 1.29 is 9.53 Å². The van der Waals surface area contributed by atoms with Gasteiger partial charge in [-0.2, -0.15) is 0 Å². The van der Waals surface area contributed by atoms with Gasteiger partial charge in [0, 0.05) is 16.8 Å². The van der Waals surface area contributed by atoms with Gasteiger partial charge in [-0.15, -0.1) is 0 Å². The van der Waals surface area contributed by atoms with E-state index < -0.39 is 0 Å². The molecule has 0 unspecified atom stereocenters. The van der Waals surface area contributed by atoms with Crippen molar-refractivity contribution in [2.45, 2.75) is 6.42 Å². The van der Waals surface area contributed by atoms with E-state index in [4.69, 9.17) is 11.6 Å². The molecule has 13 heavy (non-hydrogen) atoms. The van der Waals surface area contributed by atoms with Crippen molar-refractivity contribution in [1.82, 2.24) is 4.98 Å². The minimum atomic E-state index is -0.337. The van der Waals surface area contributed by atoms with Crippen LogP contribution >= 0.6 is 27.5 Å². The van der Waals surface area contributed by atoms with Crippen LogP contribution in [-0.4, -0.2) is 18.1 Å². The Morgan fingerprint density at radius 3 is 3.00 bits per heavy atom. The molecular weight excluding hydrogens is 257 g/mol. The number of methoxy groups -OCH3 is 1. The minimum absolute atomic E-state index is 0.129. The van der Waals surface area contributed by atoms with Gasteiger partial charge >= 0.3 is 5.97 Å². The molecule has 0 aliphatic rings. The van der Waals surface area contributed by atoms with Gasteiger partial charge in [0.1, 0.15) is 4.60 Å². The Bertz CT molecular complexity index is 310. The van der Waals surface area contributed by atoms with Crippen molar-refractivity contribution in [3.05, 3.63) is 27.5 Å². The van der Waals surface area contributed by atoms with Crippen molar-refractivity contribution in [2.75, 3.05) is 7.11 Å². The fraction of sp³-hybridized carbons (Fsp3) is 0.250. The molecule has 1 rings (SSSR count). The zero-order valence-electron chi connectivity index (χ0n) is 6.88. The topological polar surface area (TPSA) is 39.2 Å². The number of ether oxygens (including phenoxy) is 1. The Labute approximate surface area is 89.2 Å². The van der Waals surface area contributed by atoms with Gasteiger partial charge in [-0.25, -0.2) is 4.98 Å². The summed E-state index contributed by atoms with van der Waals surface area (Å²) < 4.78 is 5.09. The second-order valence-electron chi connectivity index (χ2n) is 2.32. The van der Waals surface area contributed by atoms with Gasteiger partial charge in [-0.1, -0.05) is 11.6 Å². The normalized spacial score (nSPS) is 9.77. The van der Waals surface area contributed by atoms with Gasteiger partial charge in [-0.3, -0.25) is 4.79 Å². The number of pyridine rings is 1. The molecule has 0 saturated heterocycles. The lowest BCUT2D eigenvalue weighted by Crippen LogP contribution is -2.06. The first-order valence-corrected chi connectivity index (χ1v) is 4.68. The van der Waals surface area contributed by atoms with Crippen LogP contribution in [0.5, 0.6) is 0 Å². The molecular formula is C8H7BrClNO2. The first kappa shape index (κ1) is 10.5. The SMILES string of the molecule is COC(=O)Cc1c(Cl)ccnc1Br. The summed E-state index contributed by atoms with van der Waals surface area (Å²) in [7, 11) is 1.33. The smallest absolute Gasteiger partial charge is 0.310 e. The molecule has 0 saturated carbocycles. The lowest BCUT2D eigenvalue weighted by atomic mass is 10.2. The van der Waals surface area contributed by atoms with Crippen LogP contribution in [0.25, 0.3) is 0 Å². The standard InChI is InChI=1S/C8H7BrClNO2/c1-13-7(12)4-5-6(10)2-3-11-8(5)9/h2-3H,4H2,1H3. The van der Waals surface area contributed by atoms with Crippen LogP contribution in [-0.2, 0) is 16.0 Å². The third-order valence-electron chi connectivity index (χ3n) is 1.49. The van der Waals surface area contributed by atoms with Crippen molar-refractivity contribution in [1.29, 1.82) is 0 Å². The molecule has 0 atom stereocenters. The van der Waals surface area contributed by atoms with E-state index in [0.29, 0.717) is 15.2 Å². The third-order valence-corrected chi connectivity index (χ3v) is 2.53. The Balaban J connectivity index is 2.93. The van der Waals surface area contributed by atoms with Crippen LogP contribution < -0.4 is 0 Å². The lowest BCUT2D eigenvalue weighted by molar-refractivity contribution is -0.139. The summed E-state index contributed by atoms with van der Waals surface area (Å²) in [6, 6.07) is 1.63. The second kappa shape index (κ2) is 4.58. The van der Waals surface area contributed by atoms with Gasteiger partial charge in [0.05, 0.1) is 13.5 Å². The molecule has 1 aromatic rings. The summed E-state index contributed by atoms with van der Waals surface area (Å²) in [6.07, 6.45) is 1.69. The quantitative estimate of drug-likeness (QED) is 0.607. The number of carbonyl (C=O) groups is 1. The molecule has 0 bridgehead atoms. The molecule has 0 amide bonds. The third kappa shape index (κ3) is 2.67. The number of esters is 1. The number of hydrogen-bond acceptors (Lipinski definition) is 3. The van der Waals surface area contributed by atoms with Crippen LogP contribution in [0.4, 0.5) is 0 Å². The highest BCUT2D eigenvalue weighted by molar-refractivity contribution is 9.10. The summed E-state index contributed by atoms with van der Waals surface area (Å²) in [6.45, 7) is 0. The number of hydrogen-bond donors (Lipinski definition) is 0. The van der Waals surface area contributed by atoms with Crippen molar-refractivity contribution in [3.8, 4) is 0 Å². The molecule has 0 spiro atoms. The molecule has 1 heterocycles. The number of halogens is 2. The zero-order chi connectivity index (χ0) is 9.84. The number of carbonyl (C=O) groups excluding carboxylic acids is 1. The van der Waals surface area contributed by atoms with E-state index in [1.165, 1.54) is 7.11 Å². The van der Waals surface area contributed by atoms with E-state index in [9.17, 15) is 4.79 Å². The van der Waals surface area contributed by atoms with E-state index >= 15 is 0 Å². The molecule has 3 nitrogen and oxygen atoms in total. The Kier molecular flexibility index (Phi) is 3.69. The van der Waals surface area contributed by atoms with E-state index in [1.54, 1.807) is 12.3 Å². The lowest BCUT2D eigenvalue weighted by Gasteiger charge is -2.03. The Morgan fingerprint density at radius 1 is 1.77 bits per heavy atom. The maximum absolute atomic E-state index is 11.0. The second-order valence-corrected chi connectivity index (χ2v) is 3.47. The summed E-state index contributed by atoms with van der Waals surface area (Å²) in [5.74, 6) is -0.337. The molecule has 5 heteroatoms. The van der Waals surface area contributed by atoms with E-state index in [2.05, 4.69) is 25.7 Å². The van der Waals surface area contributed by atoms with E-state index in [-0.39, 0.29) is 12.4 Å². The van der Waals surface area contributed by atoms with E-state index in [0.717, 1.165) is 0 Å². The van der Waals surface area contributed by atoms with Crippen molar-refractivity contribution >= 4 is 33.5 Å². The molecule has 1 aromatic heterocycles. The predicted molar refractivity (Wildman–Crippen MR) is 52.7 cm³/mol. The number of nitrogens with zero attached hydrogens (tertiary/aromatic N) is 1. The molecule has 0 aromatic carbocycles. The summed E-state index contributed by atoms with van der Waals surface area (Å²) in [4.78, 5) is 14.9. The van der Waals surface area contributed by atoms with E-state index in [1.807, 2.05) is 0 Å². The molecule has 0 aliphatic carbocycles. The summed E-state index contributed by atoms with van der Waals surface area (Å²) >= 11 is 9.05. The van der Waals surface area contributed by atoms with Crippen LogP contribution in [0, 0.1) is 0 Å².